The number of nitriles is 1. The van der Waals surface area contributed by atoms with E-state index in [2.05, 4.69) is 42.9 Å². The number of anilines is 3. The van der Waals surface area contributed by atoms with E-state index in [1.54, 1.807) is 13.0 Å². The summed E-state index contributed by atoms with van der Waals surface area (Å²) < 4.78 is 0. The highest BCUT2D eigenvalue weighted by atomic mass is 35.5. The van der Waals surface area contributed by atoms with Gasteiger partial charge in [0.1, 0.15) is 12.4 Å². The Kier molecular flexibility index (Phi) is 13.0. The lowest BCUT2D eigenvalue weighted by molar-refractivity contribution is -0.125. The van der Waals surface area contributed by atoms with Crippen LogP contribution in [0.5, 0.6) is 0 Å². The molecule has 2 unspecified atom stereocenters. The van der Waals surface area contributed by atoms with E-state index in [4.69, 9.17) is 16.9 Å². The van der Waals surface area contributed by atoms with E-state index in [1.807, 2.05) is 54.6 Å². The van der Waals surface area contributed by atoms with Gasteiger partial charge in [0.05, 0.1) is 27.4 Å². The van der Waals surface area contributed by atoms with Crippen molar-refractivity contribution in [2.24, 2.45) is 5.41 Å². The Morgan fingerprint density at radius 1 is 0.898 bits per heavy atom. The molecule has 5 heterocycles. The number of piperazine rings is 1. The fourth-order valence-electron chi connectivity index (χ4n) is 9.52. The number of likely N-dealkylation sites (tertiary alicyclic amines) is 1. The Morgan fingerprint density at radius 3 is 2.24 bits per heavy atom. The average Bonchev–Trinajstić information content (AvgIpc) is 3.96. The van der Waals surface area contributed by atoms with Crippen LogP contribution in [0.3, 0.4) is 0 Å². The zero-order valence-electron chi connectivity index (χ0n) is 33.9. The van der Waals surface area contributed by atoms with Crippen molar-refractivity contribution in [1.29, 1.82) is 5.26 Å². The molecule has 5 aliphatic rings. The second kappa shape index (κ2) is 18.3. The largest absolute Gasteiger partial charge is 0.371 e. The lowest BCUT2D eigenvalue weighted by atomic mass is 9.77. The fourth-order valence-corrected chi connectivity index (χ4v) is 9.74. The summed E-state index contributed by atoms with van der Waals surface area (Å²) >= 11 is 6.13. The molecule has 1 spiro atoms. The Balaban J connectivity index is 0.000000221. The summed E-state index contributed by atoms with van der Waals surface area (Å²) in [5.41, 5.74) is 5.68. The first-order valence-electron chi connectivity index (χ1n) is 20.7. The summed E-state index contributed by atoms with van der Waals surface area (Å²) in [6.07, 6.45) is 6.35. The third kappa shape index (κ3) is 9.15. The van der Waals surface area contributed by atoms with E-state index in [9.17, 15) is 24.0 Å². The van der Waals surface area contributed by atoms with E-state index < -0.39 is 11.9 Å². The molecular formula is C45H53ClN8O5. The lowest BCUT2D eigenvalue weighted by Gasteiger charge is -2.40. The molecule has 4 fully saturated rings. The Morgan fingerprint density at radius 2 is 1.59 bits per heavy atom. The minimum atomic E-state index is -0.472. The first-order chi connectivity index (χ1) is 28.5. The average molecular weight is 821 g/mol. The van der Waals surface area contributed by atoms with Crippen molar-refractivity contribution < 1.29 is 24.0 Å². The number of imide groups is 2. The van der Waals surface area contributed by atoms with E-state index in [0.29, 0.717) is 45.1 Å². The van der Waals surface area contributed by atoms with E-state index >= 15 is 0 Å². The molecule has 3 aromatic rings. The molecule has 8 rings (SSSR count). The van der Waals surface area contributed by atoms with Gasteiger partial charge in [0, 0.05) is 94.3 Å². The highest BCUT2D eigenvalue weighted by Crippen LogP contribution is 2.41. The molecule has 0 saturated carbocycles. The van der Waals surface area contributed by atoms with Crippen LogP contribution in [0, 0.1) is 16.7 Å². The number of carbonyl (C=O) groups is 5. The molecule has 5 aliphatic heterocycles. The number of carbonyl (C=O) groups excluding carboxylic acids is 5. The first-order valence-corrected chi connectivity index (χ1v) is 21.1. The summed E-state index contributed by atoms with van der Waals surface area (Å²) in [5, 5.41) is 11.6. The van der Waals surface area contributed by atoms with Crippen molar-refractivity contribution >= 4 is 59.1 Å². The van der Waals surface area contributed by atoms with Crippen molar-refractivity contribution in [3.8, 4) is 6.07 Å². The topological polar surface area (TPSA) is 141 Å². The van der Waals surface area contributed by atoms with Crippen LogP contribution in [0.15, 0.2) is 60.7 Å². The van der Waals surface area contributed by atoms with E-state index in [1.165, 1.54) is 37.3 Å². The predicted molar refractivity (Wildman–Crippen MR) is 228 cm³/mol. The smallest absolute Gasteiger partial charge is 0.263 e. The van der Waals surface area contributed by atoms with Gasteiger partial charge >= 0.3 is 0 Å². The molecule has 3 aromatic carbocycles. The highest BCUT2D eigenvalue weighted by Gasteiger charge is 2.42. The number of rotatable bonds is 10. The van der Waals surface area contributed by atoms with Gasteiger partial charge in [-0.05, 0) is 113 Å². The molecule has 0 bridgehead atoms. The highest BCUT2D eigenvalue weighted by molar-refractivity contribution is 6.32. The number of nitrogens with zero attached hydrogens (tertiary/aromatic N) is 7. The van der Waals surface area contributed by atoms with Gasteiger partial charge in [-0.3, -0.25) is 39.1 Å². The van der Waals surface area contributed by atoms with Gasteiger partial charge in [0.15, 0.2) is 0 Å². The molecule has 2 atom stereocenters. The lowest BCUT2D eigenvalue weighted by Crippen LogP contribution is -2.51. The first kappa shape index (κ1) is 41.9. The van der Waals surface area contributed by atoms with Gasteiger partial charge in [-0.2, -0.15) is 5.26 Å². The number of aldehydes is 1. The molecule has 4 amide bonds. The molecule has 59 heavy (non-hydrogen) atoms. The third-order valence-electron chi connectivity index (χ3n) is 13.0. The number of fused-ring (bicyclic) bond motifs is 1. The fraction of sp³-hybridized carbons (Fsp3) is 0.467. The van der Waals surface area contributed by atoms with Crippen LogP contribution in [-0.4, -0.2) is 130 Å². The Bertz CT molecular complexity index is 2090. The second-order valence-corrected chi connectivity index (χ2v) is 17.0. The monoisotopic (exact) mass is 820 g/mol. The number of benzene rings is 3. The van der Waals surface area contributed by atoms with Crippen LogP contribution in [0.25, 0.3) is 0 Å². The molecular weight excluding hydrogens is 768 g/mol. The molecule has 4 saturated heterocycles. The summed E-state index contributed by atoms with van der Waals surface area (Å²) in [4.78, 5) is 72.9. The van der Waals surface area contributed by atoms with Crippen molar-refractivity contribution in [2.75, 3.05) is 87.2 Å². The number of nitrogens with one attached hydrogen (secondary N) is 1. The molecule has 0 aliphatic carbocycles. The van der Waals surface area contributed by atoms with Crippen LogP contribution in [-0.2, 0) is 9.59 Å². The summed E-state index contributed by atoms with van der Waals surface area (Å²) in [6.45, 7) is 11.7. The van der Waals surface area contributed by atoms with Gasteiger partial charge in [-0.1, -0.05) is 17.7 Å². The summed E-state index contributed by atoms with van der Waals surface area (Å²) in [6, 6.07) is 20.9. The summed E-state index contributed by atoms with van der Waals surface area (Å²) in [5.74, 6) is -1.10. The SMILES string of the molecule is CC(CCC(=O)NC=O)N1C(=O)c2cccc(N3CCC(N4CCN(c5ccc(C=O)cc5)CC4)C3)c2C1=O.CN1CCC2(CCN(c3ccc(C#N)c(Cl)c3)CC2)C1. The Labute approximate surface area is 351 Å². The number of piperidine rings is 1. The minimum Gasteiger partial charge on any atom is -0.371 e. The molecule has 0 radical (unpaired) electrons. The molecule has 13 nitrogen and oxygen atoms in total. The van der Waals surface area contributed by atoms with Crippen LogP contribution in [0.1, 0.15) is 82.1 Å². The van der Waals surface area contributed by atoms with Crippen molar-refractivity contribution in [2.45, 2.75) is 57.5 Å². The predicted octanol–water partition coefficient (Wildman–Crippen LogP) is 5.07. The van der Waals surface area contributed by atoms with E-state index in [-0.39, 0.29) is 24.7 Å². The van der Waals surface area contributed by atoms with Gasteiger partial charge in [-0.15, -0.1) is 0 Å². The number of halogens is 1. The van der Waals surface area contributed by atoms with Crippen molar-refractivity contribution in [3.05, 3.63) is 87.9 Å². The molecule has 1 N–H and O–H groups in total. The quantitative estimate of drug-likeness (QED) is 0.217. The van der Waals surface area contributed by atoms with Gasteiger partial charge in [0.25, 0.3) is 11.8 Å². The van der Waals surface area contributed by atoms with Gasteiger partial charge < -0.3 is 19.6 Å². The number of hydrogen-bond donors (Lipinski definition) is 1. The standard InChI is InChI=1S/C29H33N5O5.C16H20ClN3/c1-20(5-10-26(37)30-19-36)34-28(38)24-3-2-4-25(27(24)29(34)39)33-12-11-23(17-33)32-15-13-31(14-16-32)22-8-6-21(18-35)7-9-22;1-19-7-4-16(12-19)5-8-20(9-6-16)14-3-2-13(11-18)15(17)10-14/h2-4,6-9,18-20,23H,5,10-17H2,1H3,(H,30,36,37);2-3,10H,4-9,12H2,1H3. The second-order valence-electron chi connectivity index (χ2n) is 16.6. The maximum atomic E-state index is 13.5. The van der Waals surface area contributed by atoms with Crippen LogP contribution in [0.4, 0.5) is 17.1 Å². The molecule has 310 valence electrons. The van der Waals surface area contributed by atoms with Gasteiger partial charge in [0.2, 0.25) is 12.3 Å². The molecule has 0 aromatic heterocycles. The maximum absolute atomic E-state index is 13.5. The zero-order chi connectivity index (χ0) is 41.7. The van der Waals surface area contributed by atoms with Crippen molar-refractivity contribution in [1.82, 2.24) is 20.0 Å². The molecule has 14 heteroatoms. The van der Waals surface area contributed by atoms with Crippen LogP contribution >= 0.6 is 11.6 Å². The zero-order valence-corrected chi connectivity index (χ0v) is 34.7. The summed E-state index contributed by atoms with van der Waals surface area (Å²) in [7, 11) is 2.22. The number of amides is 4. The number of hydrogen-bond acceptors (Lipinski definition) is 11. The van der Waals surface area contributed by atoms with E-state index in [0.717, 1.165) is 82.1 Å². The third-order valence-corrected chi connectivity index (χ3v) is 13.3. The van der Waals surface area contributed by atoms with Crippen LogP contribution < -0.4 is 20.0 Å². The van der Waals surface area contributed by atoms with Crippen molar-refractivity contribution in [3.63, 3.8) is 0 Å². The minimum absolute atomic E-state index is 0.0469. The van der Waals surface area contributed by atoms with Crippen LogP contribution in [0.2, 0.25) is 5.02 Å². The maximum Gasteiger partial charge on any atom is 0.263 e. The Hall–Kier alpha value is -5.29. The van der Waals surface area contributed by atoms with Gasteiger partial charge in [-0.25, -0.2) is 0 Å². The normalized spacial score (nSPS) is 20.9.